The van der Waals surface area contributed by atoms with Gasteiger partial charge in [-0.2, -0.15) is 0 Å². The summed E-state index contributed by atoms with van der Waals surface area (Å²) in [6, 6.07) is 0.00922. The van der Waals surface area contributed by atoms with Crippen molar-refractivity contribution in [3.63, 3.8) is 0 Å². The van der Waals surface area contributed by atoms with Crippen LogP contribution in [0.25, 0.3) is 0 Å². The summed E-state index contributed by atoms with van der Waals surface area (Å²) in [5.74, 6) is 0.326. The van der Waals surface area contributed by atoms with Gasteiger partial charge in [0, 0.05) is 13.1 Å². The van der Waals surface area contributed by atoms with Crippen LogP contribution in [0.15, 0.2) is 0 Å². The van der Waals surface area contributed by atoms with E-state index in [1.165, 1.54) is 6.42 Å². The van der Waals surface area contributed by atoms with E-state index in [1.807, 2.05) is 0 Å². The molecule has 1 amide bonds. The zero-order valence-electron chi connectivity index (χ0n) is 13.3. The summed E-state index contributed by atoms with van der Waals surface area (Å²) >= 11 is 0. The molecule has 112 valence electrons. The first kappa shape index (κ1) is 16.5. The van der Waals surface area contributed by atoms with E-state index in [2.05, 4.69) is 37.9 Å². The fourth-order valence-electron chi connectivity index (χ4n) is 2.85. The SMILES string of the molecule is CCCCN(CCCC)C(=O)C1NCCCC1(C)C. The highest BCUT2D eigenvalue weighted by Crippen LogP contribution is 2.31. The molecule has 1 rings (SSSR count). The van der Waals surface area contributed by atoms with Gasteiger partial charge < -0.3 is 10.2 Å². The van der Waals surface area contributed by atoms with Crippen LogP contribution in [0.2, 0.25) is 0 Å². The van der Waals surface area contributed by atoms with Gasteiger partial charge in [-0.3, -0.25) is 4.79 Å². The molecule has 3 nitrogen and oxygen atoms in total. The molecule has 0 saturated carbocycles. The molecule has 3 heteroatoms. The van der Waals surface area contributed by atoms with Crippen LogP contribution < -0.4 is 5.32 Å². The molecule has 0 radical (unpaired) electrons. The molecule has 1 heterocycles. The third-order valence-electron chi connectivity index (χ3n) is 4.25. The molecule has 0 aromatic heterocycles. The first-order chi connectivity index (χ1) is 9.03. The normalized spacial score (nSPS) is 22.2. The molecular weight excluding hydrogens is 236 g/mol. The van der Waals surface area contributed by atoms with Gasteiger partial charge in [0.2, 0.25) is 5.91 Å². The largest absolute Gasteiger partial charge is 0.341 e. The highest BCUT2D eigenvalue weighted by molar-refractivity contribution is 5.83. The Hall–Kier alpha value is -0.570. The minimum absolute atomic E-state index is 0.00922. The van der Waals surface area contributed by atoms with Crippen molar-refractivity contribution in [2.24, 2.45) is 5.41 Å². The maximum Gasteiger partial charge on any atom is 0.240 e. The number of unbranched alkanes of at least 4 members (excludes halogenated alkanes) is 2. The molecule has 1 aliphatic heterocycles. The number of nitrogens with one attached hydrogen (secondary N) is 1. The lowest BCUT2D eigenvalue weighted by molar-refractivity contribution is -0.137. The van der Waals surface area contributed by atoms with E-state index in [4.69, 9.17) is 0 Å². The number of rotatable bonds is 7. The molecule has 0 spiro atoms. The number of carbonyl (C=O) groups excluding carboxylic acids is 1. The number of carbonyl (C=O) groups is 1. The van der Waals surface area contributed by atoms with E-state index in [1.54, 1.807) is 0 Å². The topological polar surface area (TPSA) is 32.3 Å². The predicted octanol–water partition coefficient (Wildman–Crippen LogP) is 3.19. The van der Waals surface area contributed by atoms with Crippen molar-refractivity contribution >= 4 is 5.91 Å². The number of hydrogen-bond donors (Lipinski definition) is 1. The van der Waals surface area contributed by atoms with E-state index in [0.717, 1.165) is 51.7 Å². The Bertz CT molecular complexity index is 268. The summed E-state index contributed by atoms with van der Waals surface area (Å²) in [6.45, 7) is 11.6. The highest BCUT2D eigenvalue weighted by Gasteiger charge is 2.38. The van der Waals surface area contributed by atoms with Crippen LogP contribution in [-0.2, 0) is 4.79 Å². The predicted molar refractivity (Wildman–Crippen MR) is 81.2 cm³/mol. The van der Waals surface area contributed by atoms with Crippen molar-refractivity contribution < 1.29 is 4.79 Å². The Balaban J connectivity index is 2.67. The monoisotopic (exact) mass is 268 g/mol. The van der Waals surface area contributed by atoms with Crippen molar-refractivity contribution in [2.75, 3.05) is 19.6 Å². The van der Waals surface area contributed by atoms with Crippen LogP contribution >= 0.6 is 0 Å². The summed E-state index contributed by atoms with van der Waals surface area (Å²) in [5, 5.41) is 3.45. The molecule has 0 aromatic carbocycles. The van der Waals surface area contributed by atoms with Crippen molar-refractivity contribution in [2.45, 2.75) is 72.3 Å². The van der Waals surface area contributed by atoms with Gasteiger partial charge in [0.05, 0.1) is 6.04 Å². The molecular formula is C16H32N2O. The van der Waals surface area contributed by atoms with Crippen molar-refractivity contribution in [3.05, 3.63) is 0 Å². The Kier molecular flexibility index (Phi) is 6.84. The molecule has 1 N–H and O–H groups in total. The molecule has 19 heavy (non-hydrogen) atoms. The lowest BCUT2D eigenvalue weighted by atomic mass is 9.77. The van der Waals surface area contributed by atoms with Gasteiger partial charge in [0.15, 0.2) is 0 Å². The summed E-state index contributed by atoms with van der Waals surface area (Å²) in [7, 11) is 0. The quantitative estimate of drug-likeness (QED) is 0.769. The third-order valence-corrected chi connectivity index (χ3v) is 4.25. The molecule has 1 atom stereocenters. The van der Waals surface area contributed by atoms with Gasteiger partial charge in [-0.15, -0.1) is 0 Å². The second-order valence-electron chi connectivity index (χ2n) is 6.51. The number of amides is 1. The smallest absolute Gasteiger partial charge is 0.240 e. The van der Waals surface area contributed by atoms with Crippen molar-refractivity contribution in [1.82, 2.24) is 10.2 Å². The molecule has 0 aliphatic carbocycles. The summed E-state index contributed by atoms with van der Waals surface area (Å²) < 4.78 is 0. The van der Waals surface area contributed by atoms with Crippen LogP contribution in [-0.4, -0.2) is 36.5 Å². The summed E-state index contributed by atoms with van der Waals surface area (Å²) in [5.41, 5.74) is 0.0893. The van der Waals surface area contributed by atoms with Crippen molar-refractivity contribution in [3.8, 4) is 0 Å². The molecule has 1 aliphatic rings. The second kappa shape index (κ2) is 7.88. The molecule has 1 saturated heterocycles. The van der Waals surface area contributed by atoms with Gasteiger partial charge in [-0.05, 0) is 37.6 Å². The van der Waals surface area contributed by atoms with E-state index < -0.39 is 0 Å². The van der Waals surface area contributed by atoms with E-state index in [9.17, 15) is 4.79 Å². The fraction of sp³-hybridized carbons (Fsp3) is 0.938. The zero-order chi connectivity index (χ0) is 14.3. The number of nitrogens with zero attached hydrogens (tertiary/aromatic N) is 1. The average Bonchev–Trinajstić information content (AvgIpc) is 2.38. The standard InChI is InChI=1S/C16H32N2O/c1-5-7-12-18(13-8-6-2)15(19)14-16(3,4)10-9-11-17-14/h14,17H,5-13H2,1-4H3. The lowest BCUT2D eigenvalue weighted by Crippen LogP contribution is -2.56. The molecule has 0 bridgehead atoms. The van der Waals surface area contributed by atoms with E-state index in [-0.39, 0.29) is 11.5 Å². The lowest BCUT2D eigenvalue weighted by Gasteiger charge is -2.41. The van der Waals surface area contributed by atoms with E-state index >= 15 is 0 Å². The van der Waals surface area contributed by atoms with Crippen LogP contribution in [0, 0.1) is 5.41 Å². The Morgan fingerprint density at radius 2 is 1.79 bits per heavy atom. The third kappa shape index (κ3) is 4.79. The minimum Gasteiger partial charge on any atom is -0.341 e. The molecule has 1 fully saturated rings. The summed E-state index contributed by atoms with van der Waals surface area (Å²) in [6.07, 6.45) is 6.85. The average molecular weight is 268 g/mol. The highest BCUT2D eigenvalue weighted by atomic mass is 16.2. The fourth-order valence-corrected chi connectivity index (χ4v) is 2.85. The Morgan fingerprint density at radius 1 is 1.21 bits per heavy atom. The van der Waals surface area contributed by atoms with Crippen LogP contribution in [0.1, 0.15) is 66.2 Å². The number of hydrogen-bond acceptors (Lipinski definition) is 2. The van der Waals surface area contributed by atoms with Crippen LogP contribution in [0.5, 0.6) is 0 Å². The first-order valence-corrected chi connectivity index (χ1v) is 8.05. The Labute approximate surface area is 119 Å². The van der Waals surface area contributed by atoms with E-state index in [0.29, 0.717) is 5.91 Å². The van der Waals surface area contributed by atoms with Gasteiger partial charge >= 0.3 is 0 Å². The maximum absolute atomic E-state index is 12.8. The molecule has 1 unspecified atom stereocenters. The van der Waals surface area contributed by atoms with Crippen molar-refractivity contribution in [1.29, 1.82) is 0 Å². The van der Waals surface area contributed by atoms with Crippen LogP contribution in [0.4, 0.5) is 0 Å². The second-order valence-corrected chi connectivity index (χ2v) is 6.51. The zero-order valence-corrected chi connectivity index (χ0v) is 13.3. The summed E-state index contributed by atoms with van der Waals surface area (Å²) in [4.78, 5) is 14.9. The van der Waals surface area contributed by atoms with Gasteiger partial charge in [-0.25, -0.2) is 0 Å². The van der Waals surface area contributed by atoms with Gasteiger partial charge in [-0.1, -0.05) is 40.5 Å². The first-order valence-electron chi connectivity index (χ1n) is 8.05. The van der Waals surface area contributed by atoms with Gasteiger partial charge in [0.25, 0.3) is 0 Å². The molecule has 0 aromatic rings. The number of piperidine rings is 1. The minimum atomic E-state index is 0.00922. The maximum atomic E-state index is 12.8. The van der Waals surface area contributed by atoms with Gasteiger partial charge in [0.1, 0.15) is 0 Å². The van der Waals surface area contributed by atoms with Crippen LogP contribution in [0.3, 0.4) is 0 Å². The Morgan fingerprint density at radius 3 is 2.26 bits per heavy atom.